The molecule has 6 nitrogen and oxygen atoms in total. The molecule has 0 aliphatic carbocycles. The summed E-state index contributed by atoms with van der Waals surface area (Å²) in [7, 11) is 0. The van der Waals surface area contributed by atoms with Crippen molar-refractivity contribution in [2.45, 2.75) is 26.8 Å². The summed E-state index contributed by atoms with van der Waals surface area (Å²) in [6.07, 6.45) is 3.49. The SMILES string of the molecule is Cc1cc2c(Nc3cccnc3)nc(C(=O)N3CCN[C@H](C)C3)c(C)c2s1.Cl. The third-order valence-corrected chi connectivity index (χ3v) is 5.98. The lowest BCUT2D eigenvalue weighted by molar-refractivity contribution is 0.0703. The second-order valence-corrected chi connectivity index (χ2v) is 8.26. The molecule has 3 aromatic rings. The summed E-state index contributed by atoms with van der Waals surface area (Å²) in [5.74, 6) is 0.711. The minimum atomic E-state index is 0. The molecule has 148 valence electrons. The average molecular weight is 418 g/mol. The Morgan fingerprint density at radius 3 is 2.93 bits per heavy atom. The van der Waals surface area contributed by atoms with Crippen molar-refractivity contribution in [3.8, 4) is 0 Å². The van der Waals surface area contributed by atoms with Crippen molar-refractivity contribution in [1.29, 1.82) is 0 Å². The first kappa shape index (κ1) is 20.5. The van der Waals surface area contributed by atoms with E-state index < -0.39 is 0 Å². The number of fused-ring (bicyclic) bond motifs is 1. The minimum Gasteiger partial charge on any atom is -0.338 e. The molecule has 8 heteroatoms. The first-order chi connectivity index (χ1) is 13.0. The number of nitrogens with zero attached hydrogens (tertiary/aromatic N) is 3. The number of pyridine rings is 2. The van der Waals surface area contributed by atoms with Crippen LogP contribution in [0.1, 0.15) is 27.9 Å². The molecule has 3 aromatic heterocycles. The predicted molar refractivity (Wildman–Crippen MR) is 117 cm³/mol. The van der Waals surface area contributed by atoms with Crippen LogP contribution in [0, 0.1) is 13.8 Å². The average Bonchev–Trinajstić information content (AvgIpc) is 3.07. The van der Waals surface area contributed by atoms with Crippen molar-refractivity contribution >= 4 is 51.2 Å². The Kier molecular flexibility index (Phi) is 6.17. The zero-order valence-corrected chi connectivity index (χ0v) is 17.8. The van der Waals surface area contributed by atoms with Gasteiger partial charge in [-0.1, -0.05) is 0 Å². The number of hydrogen-bond acceptors (Lipinski definition) is 6. The molecule has 28 heavy (non-hydrogen) atoms. The van der Waals surface area contributed by atoms with Gasteiger partial charge in [-0.15, -0.1) is 23.7 Å². The maximum Gasteiger partial charge on any atom is 0.272 e. The van der Waals surface area contributed by atoms with Gasteiger partial charge in [0, 0.05) is 46.8 Å². The summed E-state index contributed by atoms with van der Waals surface area (Å²) in [6.45, 7) is 8.40. The Morgan fingerprint density at radius 1 is 1.39 bits per heavy atom. The number of nitrogens with one attached hydrogen (secondary N) is 2. The van der Waals surface area contributed by atoms with Gasteiger partial charge in [-0.25, -0.2) is 4.98 Å². The van der Waals surface area contributed by atoms with Crippen LogP contribution in [0.4, 0.5) is 11.5 Å². The summed E-state index contributed by atoms with van der Waals surface area (Å²) in [5.41, 5.74) is 2.34. The fourth-order valence-electron chi connectivity index (χ4n) is 3.48. The number of aromatic nitrogens is 2. The summed E-state index contributed by atoms with van der Waals surface area (Å²) < 4.78 is 1.11. The highest BCUT2D eigenvalue weighted by Crippen LogP contribution is 2.35. The molecule has 1 fully saturated rings. The molecule has 0 unspecified atom stereocenters. The van der Waals surface area contributed by atoms with Gasteiger partial charge in [0.25, 0.3) is 5.91 Å². The first-order valence-electron chi connectivity index (χ1n) is 9.13. The van der Waals surface area contributed by atoms with Crippen molar-refractivity contribution < 1.29 is 4.79 Å². The number of anilines is 2. The van der Waals surface area contributed by atoms with Crippen LogP contribution >= 0.6 is 23.7 Å². The number of carbonyl (C=O) groups excluding carboxylic acids is 1. The topological polar surface area (TPSA) is 70.2 Å². The number of rotatable bonds is 3. The number of aryl methyl sites for hydroxylation is 2. The lowest BCUT2D eigenvalue weighted by Crippen LogP contribution is -2.51. The standard InChI is InChI=1S/C20H23N5OS.ClH/c1-12-11-25(8-7-22-12)20(26)17-14(3)18-16(9-13(2)27-18)19(24-17)23-15-5-4-6-21-10-15;/h4-6,9-10,12,22H,7-8,11H2,1-3H3,(H,23,24);1H/t12-;/m1./s1. The molecule has 1 atom stereocenters. The molecule has 0 radical (unpaired) electrons. The summed E-state index contributed by atoms with van der Waals surface area (Å²) >= 11 is 1.70. The van der Waals surface area contributed by atoms with E-state index in [0.29, 0.717) is 30.6 Å². The second kappa shape index (κ2) is 8.43. The molecule has 0 saturated carbocycles. The zero-order valence-electron chi connectivity index (χ0n) is 16.2. The molecule has 2 N–H and O–H groups in total. The van der Waals surface area contributed by atoms with Gasteiger partial charge in [0.1, 0.15) is 11.5 Å². The highest BCUT2D eigenvalue weighted by atomic mass is 35.5. The van der Waals surface area contributed by atoms with Crippen LogP contribution < -0.4 is 10.6 Å². The van der Waals surface area contributed by atoms with Crippen LogP contribution in [0.25, 0.3) is 10.1 Å². The van der Waals surface area contributed by atoms with Gasteiger partial charge < -0.3 is 15.5 Å². The van der Waals surface area contributed by atoms with E-state index in [4.69, 9.17) is 4.98 Å². The predicted octanol–water partition coefficient (Wildman–Crippen LogP) is 3.91. The van der Waals surface area contributed by atoms with Crippen molar-refractivity contribution in [1.82, 2.24) is 20.2 Å². The number of hydrogen-bond donors (Lipinski definition) is 2. The van der Waals surface area contributed by atoms with Crippen molar-refractivity contribution in [2.24, 2.45) is 0 Å². The van der Waals surface area contributed by atoms with Gasteiger partial charge in [0.2, 0.25) is 0 Å². The van der Waals surface area contributed by atoms with Crippen LogP contribution in [0.15, 0.2) is 30.6 Å². The number of thiophene rings is 1. The molecule has 1 saturated heterocycles. The Balaban J connectivity index is 0.00000225. The van der Waals surface area contributed by atoms with Crippen LogP contribution in [0.2, 0.25) is 0 Å². The summed E-state index contributed by atoms with van der Waals surface area (Å²) in [6, 6.07) is 6.24. The van der Waals surface area contributed by atoms with Gasteiger partial charge in [-0.2, -0.15) is 0 Å². The van der Waals surface area contributed by atoms with E-state index >= 15 is 0 Å². The second-order valence-electron chi connectivity index (χ2n) is 7.01. The van der Waals surface area contributed by atoms with E-state index in [2.05, 4.69) is 35.5 Å². The molecule has 0 aromatic carbocycles. The molecule has 1 aliphatic rings. The molecule has 4 heterocycles. The Bertz CT molecular complexity index is 991. The Labute approximate surface area is 174 Å². The summed E-state index contributed by atoms with van der Waals surface area (Å²) in [4.78, 5) is 25.2. The smallest absolute Gasteiger partial charge is 0.272 e. The fourth-order valence-corrected chi connectivity index (χ4v) is 4.49. The van der Waals surface area contributed by atoms with Crippen LogP contribution in [0.3, 0.4) is 0 Å². The lowest BCUT2D eigenvalue weighted by atomic mass is 10.1. The van der Waals surface area contributed by atoms with Gasteiger partial charge in [-0.3, -0.25) is 9.78 Å². The third kappa shape index (κ3) is 3.97. The van der Waals surface area contributed by atoms with Gasteiger partial charge in [-0.05, 0) is 44.5 Å². The van der Waals surface area contributed by atoms with Crippen LogP contribution in [-0.2, 0) is 0 Å². The van der Waals surface area contributed by atoms with Gasteiger partial charge in [0.15, 0.2) is 0 Å². The lowest BCUT2D eigenvalue weighted by Gasteiger charge is -2.32. The van der Waals surface area contributed by atoms with Crippen LogP contribution in [-0.4, -0.2) is 46.5 Å². The van der Waals surface area contributed by atoms with Crippen molar-refractivity contribution in [3.63, 3.8) is 0 Å². The third-order valence-electron chi connectivity index (χ3n) is 4.81. The van der Waals surface area contributed by atoms with Gasteiger partial charge in [0.05, 0.1) is 11.9 Å². The molecule has 4 rings (SSSR count). The Morgan fingerprint density at radius 2 is 2.21 bits per heavy atom. The normalized spacial score (nSPS) is 16.7. The summed E-state index contributed by atoms with van der Waals surface area (Å²) in [5, 5.41) is 7.77. The maximum absolute atomic E-state index is 13.2. The maximum atomic E-state index is 13.2. The number of carbonyl (C=O) groups is 1. The molecular formula is C20H24ClN5OS. The zero-order chi connectivity index (χ0) is 19.0. The highest BCUT2D eigenvalue weighted by molar-refractivity contribution is 7.19. The minimum absolute atomic E-state index is 0. The van der Waals surface area contributed by atoms with E-state index in [9.17, 15) is 4.79 Å². The largest absolute Gasteiger partial charge is 0.338 e. The quantitative estimate of drug-likeness (QED) is 0.676. The molecule has 0 bridgehead atoms. The molecule has 0 spiro atoms. The van der Waals surface area contributed by atoms with E-state index in [1.54, 1.807) is 23.7 Å². The number of piperazine rings is 1. The molecule has 1 aliphatic heterocycles. The first-order valence-corrected chi connectivity index (χ1v) is 9.95. The van der Waals surface area contributed by atoms with E-state index in [0.717, 1.165) is 27.9 Å². The van der Waals surface area contributed by atoms with Gasteiger partial charge >= 0.3 is 0 Å². The molecular weight excluding hydrogens is 394 g/mol. The van der Waals surface area contributed by atoms with Crippen molar-refractivity contribution in [2.75, 3.05) is 25.0 Å². The Hall–Kier alpha value is -2.22. The van der Waals surface area contributed by atoms with Crippen LogP contribution in [0.5, 0.6) is 0 Å². The van der Waals surface area contributed by atoms with E-state index in [-0.39, 0.29) is 18.3 Å². The fraction of sp³-hybridized carbons (Fsp3) is 0.350. The number of amides is 1. The van der Waals surface area contributed by atoms with E-state index in [1.165, 1.54) is 4.88 Å². The molecule has 1 amide bonds. The van der Waals surface area contributed by atoms with E-state index in [1.807, 2.05) is 24.0 Å². The van der Waals surface area contributed by atoms with Crippen molar-refractivity contribution in [3.05, 3.63) is 46.7 Å². The highest BCUT2D eigenvalue weighted by Gasteiger charge is 2.26. The monoisotopic (exact) mass is 417 g/mol. The number of halogens is 1.